The van der Waals surface area contributed by atoms with Gasteiger partial charge in [-0.05, 0) is 132 Å². The third-order valence-electron chi connectivity index (χ3n) is 14.5. The van der Waals surface area contributed by atoms with Gasteiger partial charge in [-0.25, -0.2) is 0 Å². The zero-order valence-electron chi connectivity index (χ0n) is 34.4. The minimum atomic E-state index is -0.237. The molecule has 1 nitrogen and oxygen atoms in total. The van der Waals surface area contributed by atoms with E-state index in [9.17, 15) is 0 Å². The lowest BCUT2D eigenvalue weighted by Crippen LogP contribution is -2.34. The lowest BCUT2D eigenvalue weighted by molar-refractivity contribution is 0.351. The number of hydrogen-bond donors (Lipinski definition) is 0. The number of anilines is 3. The van der Waals surface area contributed by atoms with Crippen LogP contribution in [-0.2, 0) is 5.41 Å². The van der Waals surface area contributed by atoms with Gasteiger partial charge in [-0.2, -0.15) is 0 Å². The van der Waals surface area contributed by atoms with Gasteiger partial charge in [-0.3, -0.25) is 0 Å². The minimum Gasteiger partial charge on any atom is -0.310 e. The van der Waals surface area contributed by atoms with Gasteiger partial charge in [0.2, 0.25) is 0 Å². The summed E-state index contributed by atoms with van der Waals surface area (Å²) in [5.74, 6) is 0.837. The summed E-state index contributed by atoms with van der Waals surface area (Å²) in [5.41, 5.74) is 16.7. The lowest BCUT2D eigenvalue weighted by Gasteiger charge is -2.38. The van der Waals surface area contributed by atoms with Crippen molar-refractivity contribution in [1.29, 1.82) is 0 Å². The molecule has 292 valence electrons. The molecular formula is C61H43N. The third-order valence-corrected chi connectivity index (χ3v) is 14.5. The van der Waals surface area contributed by atoms with Crippen LogP contribution in [0.3, 0.4) is 0 Å². The van der Waals surface area contributed by atoms with Crippen LogP contribution < -0.4 is 4.90 Å². The highest BCUT2D eigenvalue weighted by atomic mass is 15.1. The maximum Gasteiger partial charge on any atom is 0.0546 e. The van der Waals surface area contributed by atoms with Crippen molar-refractivity contribution >= 4 is 49.4 Å². The fraction of sp³-hybridized carbons (Fsp3) is 0.0820. The van der Waals surface area contributed by atoms with E-state index in [1.54, 1.807) is 0 Å². The summed E-state index contributed by atoms with van der Waals surface area (Å²) in [7, 11) is 0. The van der Waals surface area contributed by atoms with Gasteiger partial charge in [0.05, 0.1) is 11.1 Å². The zero-order chi connectivity index (χ0) is 40.8. The van der Waals surface area contributed by atoms with Crippen molar-refractivity contribution in [3.05, 3.63) is 247 Å². The van der Waals surface area contributed by atoms with Crippen LogP contribution in [0.4, 0.5) is 17.1 Å². The van der Waals surface area contributed by atoms with E-state index in [-0.39, 0.29) is 5.41 Å². The first-order valence-electron chi connectivity index (χ1n) is 22.2. The molecule has 0 saturated carbocycles. The van der Waals surface area contributed by atoms with E-state index < -0.39 is 0 Å². The van der Waals surface area contributed by atoms with Gasteiger partial charge in [-0.1, -0.05) is 194 Å². The van der Waals surface area contributed by atoms with Crippen LogP contribution in [0.2, 0.25) is 0 Å². The van der Waals surface area contributed by atoms with Crippen molar-refractivity contribution in [2.45, 2.75) is 24.2 Å². The third kappa shape index (κ3) is 5.03. The monoisotopic (exact) mass is 789 g/mol. The largest absolute Gasteiger partial charge is 0.310 e. The zero-order valence-corrected chi connectivity index (χ0v) is 34.4. The molecule has 0 heterocycles. The van der Waals surface area contributed by atoms with Crippen LogP contribution >= 0.6 is 0 Å². The lowest BCUT2D eigenvalue weighted by atomic mass is 9.64. The molecule has 3 aliphatic rings. The summed E-state index contributed by atoms with van der Waals surface area (Å²) in [6.07, 6.45) is 7.21. The van der Waals surface area contributed by atoms with Gasteiger partial charge in [0.1, 0.15) is 0 Å². The summed E-state index contributed by atoms with van der Waals surface area (Å²) in [4.78, 5) is 2.53. The SMILES string of the molecule is C1=CC2c3ccccc3C3(c4ccccc4-c4ccc(N(c5ccc(-c6ccc7ccccc7c6-c6ccccc6)cc5)c5cc6ccccc6c6ccccc56)cc43)C2CC1. The molecule has 0 amide bonds. The van der Waals surface area contributed by atoms with Crippen LogP contribution in [0, 0.1) is 5.92 Å². The predicted octanol–water partition coefficient (Wildman–Crippen LogP) is 16.3. The summed E-state index contributed by atoms with van der Waals surface area (Å²) < 4.78 is 0. The average Bonchev–Trinajstić information content (AvgIpc) is 3.81. The Hall–Kier alpha value is -7.48. The Morgan fingerprint density at radius 1 is 0.419 bits per heavy atom. The first-order valence-corrected chi connectivity index (χ1v) is 22.2. The van der Waals surface area contributed by atoms with Gasteiger partial charge >= 0.3 is 0 Å². The van der Waals surface area contributed by atoms with Gasteiger partial charge in [0, 0.05) is 22.7 Å². The topological polar surface area (TPSA) is 3.24 Å². The second-order valence-electron chi connectivity index (χ2n) is 17.4. The van der Waals surface area contributed by atoms with Gasteiger partial charge < -0.3 is 4.90 Å². The second kappa shape index (κ2) is 13.8. The maximum atomic E-state index is 2.57. The van der Waals surface area contributed by atoms with E-state index in [2.05, 4.69) is 229 Å². The maximum absolute atomic E-state index is 2.57. The standard InChI is InChI=1S/C61H43N/c1-2-17-42(18-3-1)60-47-21-7-4-16-40(47)32-36-48(60)41-30-33-44(34-31-41)62(59-38-43-19-5-6-20-46(43)49-22-8-9-26-54(49)59)45-35-37-53-52-25-12-15-29-57(52)61(58(53)39-45)55-27-13-10-23-50(55)51-24-11-14-28-56(51)61/h1-13,15-27,29-39,51,56H,14,28H2. The molecule has 1 heteroatoms. The highest BCUT2D eigenvalue weighted by Gasteiger charge is 2.57. The van der Waals surface area contributed by atoms with E-state index in [1.165, 1.54) is 99.3 Å². The Bertz CT molecular complexity index is 3430. The molecular weight excluding hydrogens is 747 g/mol. The van der Waals surface area contributed by atoms with Crippen molar-refractivity contribution in [3.63, 3.8) is 0 Å². The van der Waals surface area contributed by atoms with Crippen molar-refractivity contribution in [2.75, 3.05) is 4.90 Å². The molecule has 0 bridgehead atoms. The van der Waals surface area contributed by atoms with Crippen molar-refractivity contribution in [3.8, 4) is 33.4 Å². The summed E-state index contributed by atoms with van der Waals surface area (Å²) in [5, 5.41) is 7.52. The fourth-order valence-electron chi connectivity index (χ4n) is 12.0. The van der Waals surface area contributed by atoms with Gasteiger partial charge in [-0.15, -0.1) is 0 Å². The van der Waals surface area contributed by atoms with Crippen molar-refractivity contribution < 1.29 is 0 Å². The van der Waals surface area contributed by atoms with E-state index in [1.807, 2.05) is 0 Å². The molecule has 0 aromatic heterocycles. The Balaban J connectivity index is 1.05. The molecule has 10 aromatic rings. The van der Waals surface area contributed by atoms with Crippen molar-refractivity contribution in [1.82, 2.24) is 0 Å². The molecule has 3 unspecified atom stereocenters. The first-order chi connectivity index (χ1) is 30.8. The number of fused-ring (bicyclic) bond motifs is 14. The Kier molecular flexibility index (Phi) is 7.84. The quantitative estimate of drug-likeness (QED) is 0.124. The van der Waals surface area contributed by atoms with E-state index >= 15 is 0 Å². The van der Waals surface area contributed by atoms with Gasteiger partial charge in [0.15, 0.2) is 0 Å². The highest BCUT2D eigenvalue weighted by Crippen LogP contribution is 2.66. The number of allylic oxidation sites excluding steroid dienone is 2. The molecule has 0 N–H and O–H groups in total. The number of benzene rings is 10. The number of nitrogens with zero attached hydrogens (tertiary/aromatic N) is 1. The van der Waals surface area contributed by atoms with E-state index in [0.29, 0.717) is 11.8 Å². The molecule has 0 radical (unpaired) electrons. The molecule has 10 aromatic carbocycles. The summed E-state index contributed by atoms with van der Waals surface area (Å²) in [6, 6.07) is 79.7. The Morgan fingerprint density at radius 3 is 1.92 bits per heavy atom. The average molecular weight is 790 g/mol. The molecule has 13 rings (SSSR count). The van der Waals surface area contributed by atoms with Crippen LogP contribution in [0.25, 0.3) is 65.7 Å². The molecule has 0 saturated heterocycles. The molecule has 3 aliphatic carbocycles. The number of rotatable bonds is 5. The van der Waals surface area contributed by atoms with Crippen molar-refractivity contribution in [2.24, 2.45) is 5.92 Å². The summed E-state index contributed by atoms with van der Waals surface area (Å²) >= 11 is 0. The molecule has 0 fully saturated rings. The van der Waals surface area contributed by atoms with Crippen LogP contribution in [0.15, 0.2) is 224 Å². The van der Waals surface area contributed by atoms with E-state index in [4.69, 9.17) is 0 Å². The Labute approximate surface area is 362 Å². The normalized spacial score (nSPS) is 18.2. The van der Waals surface area contributed by atoms with Crippen LogP contribution in [0.5, 0.6) is 0 Å². The van der Waals surface area contributed by atoms with E-state index in [0.717, 1.165) is 18.5 Å². The summed E-state index contributed by atoms with van der Waals surface area (Å²) in [6.45, 7) is 0. The van der Waals surface area contributed by atoms with Gasteiger partial charge in [0.25, 0.3) is 0 Å². The Morgan fingerprint density at radius 2 is 1.06 bits per heavy atom. The van der Waals surface area contributed by atoms with Crippen LogP contribution in [-0.4, -0.2) is 0 Å². The molecule has 0 aliphatic heterocycles. The molecule has 1 spiro atoms. The smallest absolute Gasteiger partial charge is 0.0546 e. The minimum absolute atomic E-state index is 0.237. The molecule has 62 heavy (non-hydrogen) atoms. The van der Waals surface area contributed by atoms with Crippen LogP contribution in [0.1, 0.15) is 41.0 Å². The highest BCUT2D eigenvalue weighted by molar-refractivity contribution is 6.15. The molecule has 3 atom stereocenters. The fourth-order valence-corrected chi connectivity index (χ4v) is 12.0. The number of hydrogen-bond acceptors (Lipinski definition) is 1. The predicted molar refractivity (Wildman–Crippen MR) is 261 cm³/mol. The second-order valence-corrected chi connectivity index (χ2v) is 17.4. The first kappa shape index (κ1) is 35.3.